The second kappa shape index (κ2) is 5.50. The SMILES string of the molecule is Cc1c(C=O)cccc1N(C)Cc1ccccc1. The molecular weight excluding hydrogens is 222 g/mol. The van der Waals surface area contributed by atoms with Gasteiger partial charge in [0.2, 0.25) is 0 Å². The molecule has 0 aliphatic carbocycles. The first-order valence-electron chi connectivity index (χ1n) is 6.02. The number of hydrogen-bond acceptors (Lipinski definition) is 2. The zero-order valence-electron chi connectivity index (χ0n) is 10.8. The maximum atomic E-state index is 10.9. The van der Waals surface area contributed by atoms with Crippen LogP contribution in [0.15, 0.2) is 48.5 Å². The van der Waals surface area contributed by atoms with E-state index in [1.54, 1.807) is 0 Å². The van der Waals surface area contributed by atoms with E-state index in [2.05, 4.69) is 17.0 Å². The molecule has 2 aromatic rings. The van der Waals surface area contributed by atoms with Gasteiger partial charge in [0.1, 0.15) is 6.29 Å². The first kappa shape index (κ1) is 12.4. The van der Waals surface area contributed by atoms with Gasteiger partial charge in [-0.25, -0.2) is 0 Å². The lowest BCUT2D eigenvalue weighted by Crippen LogP contribution is -2.17. The molecule has 18 heavy (non-hydrogen) atoms. The molecule has 0 aliphatic heterocycles. The molecule has 0 heterocycles. The van der Waals surface area contributed by atoms with Gasteiger partial charge >= 0.3 is 0 Å². The van der Waals surface area contributed by atoms with Crippen molar-refractivity contribution in [2.24, 2.45) is 0 Å². The molecule has 0 saturated heterocycles. The Bertz CT molecular complexity index is 534. The van der Waals surface area contributed by atoms with Crippen molar-refractivity contribution in [3.05, 3.63) is 65.2 Å². The molecule has 0 fully saturated rings. The van der Waals surface area contributed by atoms with Crippen LogP contribution in [0.2, 0.25) is 0 Å². The van der Waals surface area contributed by atoms with Crippen LogP contribution in [-0.4, -0.2) is 13.3 Å². The van der Waals surface area contributed by atoms with Gasteiger partial charge in [-0.2, -0.15) is 0 Å². The number of benzene rings is 2. The van der Waals surface area contributed by atoms with E-state index in [1.807, 2.05) is 50.4 Å². The fraction of sp³-hybridized carbons (Fsp3) is 0.188. The maximum Gasteiger partial charge on any atom is 0.150 e. The summed E-state index contributed by atoms with van der Waals surface area (Å²) in [4.78, 5) is 13.1. The molecule has 92 valence electrons. The van der Waals surface area contributed by atoms with Crippen molar-refractivity contribution in [1.82, 2.24) is 0 Å². The molecule has 2 rings (SSSR count). The van der Waals surface area contributed by atoms with Crippen LogP contribution in [0.5, 0.6) is 0 Å². The number of anilines is 1. The molecule has 0 aliphatic rings. The lowest BCUT2D eigenvalue weighted by atomic mass is 10.1. The third-order valence-corrected chi connectivity index (χ3v) is 3.15. The molecule has 0 spiro atoms. The average Bonchev–Trinajstić information content (AvgIpc) is 2.40. The smallest absolute Gasteiger partial charge is 0.150 e. The van der Waals surface area contributed by atoms with Gasteiger partial charge in [0.15, 0.2) is 0 Å². The van der Waals surface area contributed by atoms with Gasteiger partial charge in [-0.3, -0.25) is 4.79 Å². The van der Waals surface area contributed by atoms with Gasteiger partial charge in [-0.1, -0.05) is 42.5 Å². The minimum atomic E-state index is 0.757. The Labute approximate surface area is 108 Å². The van der Waals surface area contributed by atoms with E-state index in [0.717, 1.165) is 29.6 Å². The molecule has 0 atom stereocenters. The van der Waals surface area contributed by atoms with Gasteiger partial charge in [0.05, 0.1) is 0 Å². The number of rotatable bonds is 4. The van der Waals surface area contributed by atoms with E-state index < -0.39 is 0 Å². The van der Waals surface area contributed by atoms with Gasteiger partial charge in [-0.15, -0.1) is 0 Å². The molecule has 0 amide bonds. The average molecular weight is 239 g/mol. The van der Waals surface area contributed by atoms with Gasteiger partial charge in [0.25, 0.3) is 0 Å². The highest BCUT2D eigenvalue weighted by molar-refractivity contribution is 5.80. The molecule has 2 heteroatoms. The van der Waals surface area contributed by atoms with Gasteiger partial charge < -0.3 is 4.90 Å². The Morgan fingerprint density at radius 1 is 1.06 bits per heavy atom. The van der Waals surface area contributed by atoms with Gasteiger partial charge in [-0.05, 0) is 24.1 Å². The first-order valence-corrected chi connectivity index (χ1v) is 6.02. The van der Waals surface area contributed by atoms with E-state index in [-0.39, 0.29) is 0 Å². The molecule has 0 radical (unpaired) electrons. The monoisotopic (exact) mass is 239 g/mol. The molecule has 2 aromatic carbocycles. The van der Waals surface area contributed by atoms with Crippen molar-refractivity contribution in [2.75, 3.05) is 11.9 Å². The lowest BCUT2D eigenvalue weighted by molar-refractivity contribution is 0.112. The summed E-state index contributed by atoms with van der Waals surface area (Å²) in [7, 11) is 2.05. The predicted molar refractivity (Wildman–Crippen MR) is 75.1 cm³/mol. The van der Waals surface area contributed by atoms with Gasteiger partial charge in [0, 0.05) is 24.8 Å². The van der Waals surface area contributed by atoms with Crippen LogP contribution in [0.4, 0.5) is 5.69 Å². The highest BCUT2D eigenvalue weighted by Gasteiger charge is 2.07. The normalized spacial score (nSPS) is 10.1. The van der Waals surface area contributed by atoms with Crippen molar-refractivity contribution in [3.8, 4) is 0 Å². The van der Waals surface area contributed by atoms with Crippen LogP contribution in [0.3, 0.4) is 0 Å². The number of nitrogens with zero attached hydrogens (tertiary/aromatic N) is 1. The summed E-state index contributed by atoms with van der Waals surface area (Å²) in [6.07, 6.45) is 0.912. The van der Waals surface area contributed by atoms with Crippen molar-refractivity contribution in [3.63, 3.8) is 0 Å². The molecule has 0 unspecified atom stereocenters. The minimum Gasteiger partial charge on any atom is -0.370 e. The zero-order chi connectivity index (χ0) is 13.0. The first-order chi connectivity index (χ1) is 8.72. The Balaban J connectivity index is 2.24. The van der Waals surface area contributed by atoms with E-state index in [4.69, 9.17) is 0 Å². The highest BCUT2D eigenvalue weighted by Crippen LogP contribution is 2.22. The summed E-state index contributed by atoms with van der Waals surface area (Å²) < 4.78 is 0. The number of carbonyl (C=O) groups is 1. The Hall–Kier alpha value is -2.09. The van der Waals surface area contributed by atoms with Crippen molar-refractivity contribution in [2.45, 2.75) is 13.5 Å². The Morgan fingerprint density at radius 2 is 1.78 bits per heavy atom. The van der Waals surface area contributed by atoms with Crippen LogP contribution in [0.1, 0.15) is 21.5 Å². The fourth-order valence-electron chi connectivity index (χ4n) is 2.12. The standard InChI is InChI=1S/C16H17NO/c1-13-15(12-18)9-6-10-16(13)17(2)11-14-7-4-3-5-8-14/h3-10,12H,11H2,1-2H3. The highest BCUT2D eigenvalue weighted by atomic mass is 16.1. The number of carbonyl (C=O) groups excluding carboxylic acids is 1. The van der Waals surface area contributed by atoms with Crippen LogP contribution >= 0.6 is 0 Å². The molecule has 2 nitrogen and oxygen atoms in total. The van der Waals surface area contributed by atoms with E-state index in [0.29, 0.717) is 0 Å². The number of aldehydes is 1. The van der Waals surface area contributed by atoms with Crippen LogP contribution in [-0.2, 0) is 6.54 Å². The largest absolute Gasteiger partial charge is 0.370 e. The van der Waals surface area contributed by atoms with Crippen molar-refractivity contribution < 1.29 is 4.79 Å². The second-order valence-corrected chi connectivity index (χ2v) is 4.45. The quantitative estimate of drug-likeness (QED) is 0.762. The predicted octanol–water partition coefficient (Wildman–Crippen LogP) is 3.44. The van der Waals surface area contributed by atoms with Crippen LogP contribution in [0, 0.1) is 6.92 Å². The molecule has 0 aromatic heterocycles. The van der Waals surface area contributed by atoms with E-state index >= 15 is 0 Å². The summed E-state index contributed by atoms with van der Waals surface area (Å²) in [6, 6.07) is 16.1. The summed E-state index contributed by atoms with van der Waals surface area (Å²) in [5.74, 6) is 0. The summed E-state index contributed by atoms with van der Waals surface area (Å²) in [5, 5.41) is 0. The van der Waals surface area contributed by atoms with Crippen LogP contribution in [0.25, 0.3) is 0 Å². The maximum absolute atomic E-state index is 10.9. The molecule has 0 saturated carbocycles. The summed E-state index contributed by atoms with van der Waals surface area (Å²) in [6.45, 7) is 2.82. The second-order valence-electron chi connectivity index (χ2n) is 4.45. The fourth-order valence-corrected chi connectivity index (χ4v) is 2.12. The summed E-state index contributed by atoms with van der Waals surface area (Å²) >= 11 is 0. The molecule has 0 bridgehead atoms. The van der Waals surface area contributed by atoms with Crippen molar-refractivity contribution in [1.29, 1.82) is 0 Å². The topological polar surface area (TPSA) is 20.3 Å². The van der Waals surface area contributed by atoms with Crippen LogP contribution < -0.4 is 4.90 Å². The van der Waals surface area contributed by atoms with E-state index in [9.17, 15) is 4.79 Å². The Kier molecular flexibility index (Phi) is 3.78. The third-order valence-electron chi connectivity index (χ3n) is 3.15. The lowest BCUT2D eigenvalue weighted by Gasteiger charge is -2.22. The zero-order valence-corrected chi connectivity index (χ0v) is 10.8. The molecular formula is C16H17NO. The minimum absolute atomic E-state index is 0.757. The van der Waals surface area contributed by atoms with E-state index in [1.165, 1.54) is 5.56 Å². The molecule has 0 N–H and O–H groups in total. The number of hydrogen-bond donors (Lipinski definition) is 0. The summed E-state index contributed by atoms with van der Waals surface area (Å²) in [5.41, 5.74) is 4.15. The third kappa shape index (κ3) is 2.59. The van der Waals surface area contributed by atoms with Crippen molar-refractivity contribution >= 4 is 12.0 Å². The Morgan fingerprint density at radius 3 is 2.44 bits per heavy atom.